The number of nitrogens with one attached hydrogen (secondary N) is 2. The number of aliphatic hydroxyl groups is 1. The van der Waals surface area contributed by atoms with Gasteiger partial charge in [0.2, 0.25) is 0 Å². The molecular formula is C23H23F3N4O2. The van der Waals surface area contributed by atoms with Gasteiger partial charge in [0.25, 0.3) is 5.91 Å². The number of hydrogen-bond acceptors (Lipinski definition) is 4. The molecular weight excluding hydrogens is 421 g/mol. The number of benzene rings is 2. The van der Waals surface area contributed by atoms with Crippen LogP contribution in [0.3, 0.4) is 0 Å². The number of aliphatic hydroxyl groups excluding tert-OH is 1. The van der Waals surface area contributed by atoms with Crippen LogP contribution < -0.4 is 10.6 Å². The maximum Gasteiger partial charge on any atom is 0.410 e. The van der Waals surface area contributed by atoms with Crippen molar-refractivity contribution in [1.29, 1.82) is 0 Å². The van der Waals surface area contributed by atoms with Crippen LogP contribution in [-0.4, -0.2) is 27.0 Å². The smallest absolute Gasteiger partial charge is 0.389 e. The van der Waals surface area contributed by atoms with Crippen LogP contribution in [0, 0.1) is 6.92 Å². The minimum Gasteiger partial charge on any atom is -0.389 e. The summed E-state index contributed by atoms with van der Waals surface area (Å²) in [6.45, 7) is 3.51. The Morgan fingerprint density at radius 2 is 1.94 bits per heavy atom. The molecule has 3 atom stereocenters. The highest BCUT2D eigenvalue weighted by Crippen LogP contribution is 2.43. The summed E-state index contributed by atoms with van der Waals surface area (Å²) in [5.41, 5.74) is 2.64. The van der Waals surface area contributed by atoms with E-state index in [9.17, 15) is 23.1 Å². The molecule has 1 aliphatic rings. The second-order valence-electron chi connectivity index (χ2n) is 8.02. The van der Waals surface area contributed by atoms with Crippen LogP contribution in [-0.2, 0) is 0 Å². The minimum atomic E-state index is -4.52. The number of carbonyl (C=O) groups excluding carboxylic acids is 1. The lowest BCUT2D eigenvalue weighted by Gasteiger charge is -2.33. The Morgan fingerprint density at radius 3 is 2.59 bits per heavy atom. The van der Waals surface area contributed by atoms with E-state index in [1.165, 1.54) is 6.07 Å². The predicted octanol–water partition coefficient (Wildman–Crippen LogP) is 5.16. The first-order chi connectivity index (χ1) is 15.1. The molecule has 1 aromatic heterocycles. The van der Waals surface area contributed by atoms with Crippen LogP contribution in [0.15, 0.2) is 54.6 Å². The number of nitrogens with zero attached hydrogens (tertiary/aromatic N) is 2. The molecule has 0 radical (unpaired) electrons. The second kappa shape index (κ2) is 8.31. The third-order valence-electron chi connectivity index (χ3n) is 5.53. The standard InChI is InChI=1S/C23H23F3N4O2/c1-13-6-8-15(9-7-13)18-11-20(23(24,25)26)30-21(28-18)12-19(29-30)22(32)27-17-5-3-4-16(10-17)14(2)31/h3-10,12,14,18,20,28,31H,11H2,1-2H3,(H,27,32)/t14-,18-,20+/m0/s1. The highest BCUT2D eigenvalue weighted by Gasteiger charge is 2.46. The van der Waals surface area contributed by atoms with Gasteiger partial charge in [-0.05, 0) is 37.1 Å². The normalized spacial score (nSPS) is 19.1. The molecule has 0 aliphatic carbocycles. The fourth-order valence-corrected chi connectivity index (χ4v) is 3.77. The van der Waals surface area contributed by atoms with Crippen molar-refractivity contribution in [3.8, 4) is 0 Å². The maximum absolute atomic E-state index is 13.8. The second-order valence-corrected chi connectivity index (χ2v) is 8.02. The molecule has 0 fully saturated rings. The summed E-state index contributed by atoms with van der Waals surface area (Å²) >= 11 is 0. The molecule has 4 rings (SSSR count). The summed E-state index contributed by atoms with van der Waals surface area (Å²) in [6, 6.07) is 12.8. The molecule has 168 valence electrons. The van der Waals surface area contributed by atoms with Gasteiger partial charge < -0.3 is 15.7 Å². The maximum atomic E-state index is 13.8. The van der Waals surface area contributed by atoms with Crippen LogP contribution in [0.2, 0.25) is 0 Å². The van der Waals surface area contributed by atoms with Gasteiger partial charge in [0.1, 0.15) is 5.82 Å². The van der Waals surface area contributed by atoms with Gasteiger partial charge >= 0.3 is 6.18 Å². The first-order valence-corrected chi connectivity index (χ1v) is 10.2. The SMILES string of the molecule is Cc1ccc([C@@H]2C[C@H](C(F)(F)F)n3nc(C(=O)Nc4cccc([C@H](C)O)c4)cc3N2)cc1. The summed E-state index contributed by atoms with van der Waals surface area (Å²) in [5.74, 6) is -0.503. The van der Waals surface area contributed by atoms with E-state index in [4.69, 9.17) is 0 Å². The lowest BCUT2D eigenvalue weighted by atomic mass is 9.96. The fourth-order valence-electron chi connectivity index (χ4n) is 3.77. The highest BCUT2D eigenvalue weighted by atomic mass is 19.4. The molecule has 9 heteroatoms. The number of amides is 1. The van der Waals surface area contributed by atoms with Gasteiger partial charge in [-0.1, -0.05) is 42.0 Å². The fraction of sp³-hybridized carbons (Fsp3) is 0.304. The molecule has 2 aromatic carbocycles. The summed E-state index contributed by atoms with van der Waals surface area (Å²) in [6.07, 6.45) is -5.48. The van der Waals surface area contributed by atoms with Crippen molar-refractivity contribution >= 4 is 17.4 Å². The zero-order valence-corrected chi connectivity index (χ0v) is 17.5. The third kappa shape index (κ3) is 4.47. The van der Waals surface area contributed by atoms with E-state index >= 15 is 0 Å². The van der Waals surface area contributed by atoms with Crippen molar-refractivity contribution in [3.05, 3.63) is 77.0 Å². The number of hydrogen-bond donors (Lipinski definition) is 3. The van der Waals surface area contributed by atoms with E-state index in [0.717, 1.165) is 15.8 Å². The van der Waals surface area contributed by atoms with Gasteiger partial charge in [-0.3, -0.25) is 4.79 Å². The molecule has 2 heterocycles. The van der Waals surface area contributed by atoms with Crippen molar-refractivity contribution in [3.63, 3.8) is 0 Å². The van der Waals surface area contributed by atoms with E-state index in [0.29, 0.717) is 11.3 Å². The summed E-state index contributed by atoms with van der Waals surface area (Å²) < 4.78 is 42.4. The number of halogens is 3. The van der Waals surface area contributed by atoms with Gasteiger partial charge in [0, 0.05) is 18.2 Å². The number of rotatable bonds is 4. The number of anilines is 2. The Bertz CT molecular complexity index is 1120. The largest absolute Gasteiger partial charge is 0.410 e. The van der Waals surface area contributed by atoms with Gasteiger partial charge in [-0.25, -0.2) is 4.68 Å². The number of carbonyl (C=O) groups is 1. The predicted molar refractivity (Wildman–Crippen MR) is 115 cm³/mol. The number of fused-ring (bicyclic) bond motifs is 1. The Labute approximate surface area is 183 Å². The number of aryl methyl sites for hydroxylation is 1. The van der Waals surface area contributed by atoms with Crippen LogP contribution in [0.25, 0.3) is 0 Å². The molecule has 0 saturated carbocycles. The Kier molecular flexibility index (Phi) is 5.68. The average molecular weight is 444 g/mol. The molecule has 1 aliphatic heterocycles. The van der Waals surface area contributed by atoms with Gasteiger partial charge in [-0.15, -0.1) is 0 Å². The lowest BCUT2D eigenvalue weighted by Crippen LogP contribution is -2.35. The van der Waals surface area contributed by atoms with Gasteiger partial charge in [0.15, 0.2) is 11.7 Å². The number of aromatic nitrogens is 2. The van der Waals surface area contributed by atoms with E-state index in [1.54, 1.807) is 43.3 Å². The lowest BCUT2D eigenvalue weighted by molar-refractivity contribution is -0.173. The summed E-state index contributed by atoms with van der Waals surface area (Å²) in [4.78, 5) is 12.7. The Hall–Kier alpha value is -3.33. The van der Waals surface area contributed by atoms with Gasteiger partial charge in [-0.2, -0.15) is 18.3 Å². The zero-order chi connectivity index (χ0) is 23.0. The molecule has 32 heavy (non-hydrogen) atoms. The summed E-state index contributed by atoms with van der Waals surface area (Å²) in [5, 5.41) is 19.4. The highest BCUT2D eigenvalue weighted by molar-refractivity contribution is 6.03. The Balaban J connectivity index is 1.62. The van der Waals surface area contributed by atoms with Crippen molar-refractivity contribution in [2.45, 2.75) is 44.6 Å². The topological polar surface area (TPSA) is 79.2 Å². The van der Waals surface area contributed by atoms with Crippen LogP contribution in [0.4, 0.5) is 24.7 Å². The van der Waals surface area contributed by atoms with Crippen molar-refractivity contribution in [1.82, 2.24) is 9.78 Å². The third-order valence-corrected chi connectivity index (χ3v) is 5.53. The zero-order valence-electron chi connectivity index (χ0n) is 17.5. The first-order valence-electron chi connectivity index (χ1n) is 10.2. The van der Waals surface area contributed by atoms with E-state index < -0.39 is 30.3 Å². The van der Waals surface area contributed by atoms with Gasteiger partial charge in [0.05, 0.1) is 12.1 Å². The summed E-state index contributed by atoms with van der Waals surface area (Å²) in [7, 11) is 0. The monoisotopic (exact) mass is 444 g/mol. The molecule has 0 bridgehead atoms. The quantitative estimate of drug-likeness (QED) is 0.520. The van der Waals surface area contributed by atoms with Crippen molar-refractivity contribution < 1.29 is 23.1 Å². The van der Waals surface area contributed by atoms with Crippen molar-refractivity contribution in [2.24, 2.45) is 0 Å². The average Bonchev–Trinajstić information content (AvgIpc) is 3.17. The molecule has 0 unspecified atom stereocenters. The van der Waals surface area contributed by atoms with E-state index in [2.05, 4.69) is 15.7 Å². The molecule has 3 N–H and O–H groups in total. The Morgan fingerprint density at radius 1 is 1.22 bits per heavy atom. The van der Waals surface area contributed by atoms with E-state index in [-0.39, 0.29) is 17.9 Å². The van der Waals surface area contributed by atoms with Crippen LogP contribution in [0.5, 0.6) is 0 Å². The molecule has 3 aromatic rings. The molecule has 6 nitrogen and oxygen atoms in total. The van der Waals surface area contributed by atoms with Crippen LogP contribution in [0.1, 0.15) is 58.7 Å². The molecule has 0 saturated heterocycles. The van der Waals surface area contributed by atoms with E-state index in [1.807, 2.05) is 19.1 Å². The molecule has 1 amide bonds. The van der Waals surface area contributed by atoms with Crippen molar-refractivity contribution in [2.75, 3.05) is 10.6 Å². The minimum absolute atomic E-state index is 0.131. The molecule has 0 spiro atoms. The van der Waals surface area contributed by atoms with Crippen LogP contribution >= 0.6 is 0 Å². The number of alkyl halides is 3. The first kappa shape index (κ1) is 21.9.